The van der Waals surface area contributed by atoms with Gasteiger partial charge in [-0.25, -0.2) is 0 Å². The van der Waals surface area contributed by atoms with Crippen molar-refractivity contribution in [1.82, 2.24) is 0 Å². The number of aldehydes is 1. The van der Waals surface area contributed by atoms with Gasteiger partial charge >= 0.3 is 0 Å². The first-order chi connectivity index (χ1) is 11.6. The summed E-state index contributed by atoms with van der Waals surface area (Å²) in [6, 6.07) is 0. The summed E-state index contributed by atoms with van der Waals surface area (Å²) in [6.07, 6.45) is 12.9. The van der Waals surface area contributed by atoms with Crippen LogP contribution in [-0.2, 0) is 14.3 Å². The maximum Gasteiger partial charge on any atom is 0.126 e. The van der Waals surface area contributed by atoms with E-state index < -0.39 is 0 Å². The summed E-state index contributed by atoms with van der Waals surface area (Å²) in [7, 11) is 3.72. The average Bonchev–Trinajstić information content (AvgIpc) is 2.97. The molecule has 4 saturated carbocycles. The molecule has 0 bridgehead atoms. The maximum absolute atomic E-state index is 12.4. The summed E-state index contributed by atoms with van der Waals surface area (Å²) in [5.74, 6) is 2.67. The molecule has 4 fully saturated rings. The van der Waals surface area contributed by atoms with Gasteiger partial charge in [-0.3, -0.25) is 0 Å². The van der Waals surface area contributed by atoms with Crippen molar-refractivity contribution in [2.24, 2.45) is 34.5 Å². The minimum atomic E-state index is -0.0512. The summed E-state index contributed by atoms with van der Waals surface area (Å²) >= 11 is 0. The number of hydrogen-bond acceptors (Lipinski definition) is 3. The number of fused-ring (bicyclic) bond motifs is 5. The summed E-state index contributed by atoms with van der Waals surface area (Å²) in [6.45, 7) is 2.47. The van der Waals surface area contributed by atoms with E-state index in [-0.39, 0.29) is 5.41 Å². The first kappa shape index (κ1) is 17.0. The molecule has 0 aromatic heterocycles. The zero-order chi connectivity index (χ0) is 16.9. The lowest BCUT2D eigenvalue weighted by atomic mass is 9.45. The molecular weight excluding hydrogens is 300 g/mol. The largest absolute Gasteiger partial charge is 0.381 e. The molecule has 8 atom stereocenters. The van der Waals surface area contributed by atoms with Crippen molar-refractivity contribution in [3.63, 3.8) is 0 Å². The highest BCUT2D eigenvalue weighted by Gasteiger charge is 2.61. The van der Waals surface area contributed by atoms with Gasteiger partial charge in [0, 0.05) is 19.6 Å². The van der Waals surface area contributed by atoms with Crippen molar-refractivity contribution in [2.45, 2.75) is 76.9 Å². The van der Waals surface area contributed by atoms with E-state index in [1.54, 1.807) is 0 Å². The third-order valence-electron chi connectivity index (χ3n) is 8.93. The number of ether oxygens (including phenoxy) is 2. The fraction of sp³-hybridized carbons (Fsp3) is 0.952. The molecule has 3 nitrogen and oxygen atoms in total. The van der Waals surface area contributed by atoms with Crippen LogP contribution in [0.5, 0.6) is 0 Å². The average molecular weight is 335 g/mol. The number of rotatable bonds is 3. The van der Waals surface area contributed by atoms with E-state index in [0.717, 1.165) is 31.1 Å². The monoisotopic (exact) mass is 334 g/mol. The number of hydrogen-bond donors (Lipinski definition) is 0. The molecule has 0 aromatic rings. The molecule has 0 radical (unpaired) electrons. The van der Waals surface area contributed by atoms with Gasteiger partial charge in [-0.2, -0.15) is 0 Å². The van der Waals surface area contributed by atoms with E-state index in [0.29, 0.717) is 29.5 Å². The summed E-state index contributed by atoms with van der Waals surface area (Å²) in [5.41, 5.74) is 0.293. The normalized spacial score (nSPS) is 53.8. The Morgan fingerprint density at radius 3 is 2.46 bits per heavy atom. The fourth-order valence-corrected chi connectivity index (χ4v) is 7.69. The van der Waals surface area contributed by atoms with Crippen LogP contribution in [0.4, 0.5) is 0 Å². The Morgan fingerprint density at radius 1 is 0.917 bits per heavy atom. The summed E-state index contributed by atoms with van der Waals surface area (Å²) < 4.78 is 11.5. The predicted molar refractivity (Wildman–Crippen MR) is 93.7 cm³/mol. The van der Waals surface area contributed by atoms with Gasteiger partial charge in [0.15, 0.2) is 0 Å². The lowest BCUT2D eigenvalue weighted by molar-refractivity contribution is -0.158. The molecular formula is C21H34O3. The van der Waals surface area contributed by atoms with Crippen molar-refractivity contribution in [2.75, 3.05) is 14.2 Å². The maximum atomic E-state index is 12.4. The lowest BCUT2D eigenvalue weighted by Gasteiger charge is -2.60. The van der Waals surface area contributed by atoms with E-state index in [2.05, 4.69) is 6.92 Å². The van der Waals surface area contributed by atoms with Gasteiger partial charge in [0.1, 0.15) is 6.29 Å². The second kappa shape index (κ2) is 6.09. The van der Waals surface area contributed by atoms with Gasteiger partial charge in [0.05, 0.1) is 12.2 Å². The Morgan fingerprint density at radius 2 is 1.75 bits per heavy atom. The highest BCUT2D eigenvalue weighted by molar-refractivity contribution is 5.61. The Bertz CT molecular complexity index is 491. The molecule has 136 valence electrons. The van der Waals surface area contributed by atoms with Crippen molar-refractivity contribution >= 4 is 6.29 Å². The Kier molecular flexibility index (Phi) is 4.32. The van der Waals surface area contributed by atoms with Gasteiger partial charge in [-0.05, 0) is 86.9 Å². The van der Waals surface area contributed by atoms with Gasteiger partial charge < -0.3 is 14.3 Å². The Labute approximate surface area is 146 Å². The molecule has 0 aromatic carbocycles. The third kappa shape index (κ3) is 2.19. The molecule has 0 spiro atoms. The van der Waals surface area contributed by atoms with Crippen LogP contribution >= 0.6 is 0 Å². The molecule has 0 unspecified atom stereocenters. The smallest absolute Gasteiger partial charge is 0.126 e. The summed E-state index contributed by atoms with van der Waals surface area (Å²) in [4.78, 5) is 12.4. The number of carbonyl (C=O) groups excluding carboxylic acids is 1. The number of carbonyl (C=O) groups is 1. The zero-order valence-electron chi connectivity index (χ0n) is 15.6. The topological polar surface area (TPSA) is 35.5 Å². The molecule has 0 saturated heterocycles. The highest BCUT2D eigenvalue weighted by atomic mass is 16.5. The van der Waals surface area contributed by atoms with E-state index in [9.17, 15) is 4.79 Å². The molecule has 4 aliphatic rings. The van der Waals surface area contributed by atoms with Gasteiger partial charge in [-0.15, -0.1) is 0 Å². The van der Waals surface area contributed by atoms with Crippen molar-refractivity contribution in [3.8, 4) is 0 Å². The molecule has 0 heterocycles. The molecule has 3 heteroatoms. The van der Waals surface area contributed by atoms with E-state index in [1.807, 2.05) is 14.2 Å². The minimum Gasteiger partial charge on any atom is -0.381 e. The van der Waals surface area contributed by atoms with Crippen LogP contribution in [0.1, 0.15) is 64.7 Å². The van der Waals surface area contributed by atoms with Crippen LogP contribution in [0, 0.1) is 34.5 Å². The standard InChI is InChI=1S/C21H34O3/c1-20-10-9-18-16(17(20)6-7-19(20)24-3)5-4-14-12-15(23-2)8-11-21(14,18)13-22/h13-19H,4-12H2,1-3H3/t14-,15-,16-,17-,18-,19-,20-,21+/m0/s1. The van der Waals surface area contributed by atoms with Crippen LogP contribution in [0.15, 0.2) is 0 Å². The first-order valence-corrected chi connectivity index (χ1v) is 10.1. The number of methoxy groups -OCH3 is 2. The quantitative estimate of drug-likeness (QED) is 0.724. The lowest BCUT2D eigenvalue weighted by Crippen LogP contribution is -2.56. The van der Waals surface area contributed by atoms with Crippen LogP contribution in [0.25, 0.3) is 0 Å². The van der Waals surface area contributed by atoms with Crippen LogP contribution in [-0.4, -0.2) is 32.7 Å². The molecule has 4 aliphatic carbocycles. The Balaban J connectivity index is 1.62. The SMILES string of the molecule is CO[C@H]1CC[C@@]2(C=O)[C@@H](CC[C@H]3[C@@H]4CC[C@H](OC)[C@@]4(C)CC[C@@H]32)C1. The highest BCUT2D eigenvalue weighted by Crippen LogP contribution is 2.66. The molecule has 24 heavy (non-hydrogen) atoms. The van der Waals surface area contributed by atoms with Crippen LogP contribution < -0.4 is 0 Å². The van der Waals surface area contributed by atoms with E-state index in [4.69, 9.17) is 9.47 Å². The first-order valence-electron chi connectivity index (χ1n) is 10.1. The third-order valence-corrected chi connectivity index (χ3v) is 8.93. The molecule has 4 rings (SSSR count). The summed E-state index contributed by atoms with van der Waals surface area (Å²) in [5, 5.41) is 0. The van der Waals surface area contributed by atoms with Gasteiger partial charge in [0.2, 0.25) is 0 Å². The second-order valence-corrected chi connectivity index (χ2v) is 9.36. The molecule has 0 aliphatic heterocycles. The zero-order valence-corrected chi connectivity index (χ0v) is 15.6. The predicted octanol–water partition coefficient (Wildman–Crippen LogP) is 4.24. The van der Waals surface area contributed by atoms with Crippen molar-refractivity contribution in [1.29, 1.82) is 0 Å². The molecule has 0 N–H and O–H groups in total. The van der Waals surface area contributed by atoms with Crippen LogP contribution in [0.3, 0.4) is 0 Å². The van der Waals surface area contributed by atoms with Crippen molar-refractivity contribution in [3.05, 3.63) is 0 Å². The van der Waals surface area contributed by atoms with Gasteiger partial charge in [0.25, 0.3) is 0 Å². The van der Waals surface area contributed by atoms with Crippen LogP contribution in [0.2, 0.25) is 0 Å². The fourth-order valence-electron chi connectivity index (χ4n) is 7.69. The van der Waals surface area contributed by atoms with Gasteiger partial charge in [-0.1, -0.05) is 6.92 Å². The minimum absolute atomic E-state index is 0.0512. The second-order valence-electron chi connectivity index (χ2n) is 9.36. The molecule has 0 amide bonds. The van der Waals surface area contributed by atoms with E-state index in [1.165, 1.54) is 44.8 Å². The Hall–Kier alpha value is -0.410. The van der Waals surface area contributed by atoms with Crippen molar-refractivity contribution < 1.29 is 14.3 Å². The van der Waals surface area contributed by atoms with E-state index >= 15 is 0 Å².